The molecule has 0 heterocycles. The number of methoxy groups -OCH3 is 1. The molecule has 0 saturated heterocycles. The van der Waals surface area contributed by atoms with Gasteiger partial charge >= 0.3 is 0 Å². The predicted octanol–water partition coefficient (Wildman–Crippen LogP) is 4.47. The first kappa shape index (κ1) is 17.6. The number of hydrogen-bond donors (Lipinski definition) is 1. The van der Waals surface area contributed by atoms with Gasteiger partial charge in [-0.15, -0.1) is 0 Å². The van der Waals surface area contributed by atoms with Gasteiger partial charge < -0.3 is 14.8 Å². The number of benzene rings is 2. The zero-order valence-corrected chi connectivity index (χ0v) is 14.5. The summed E-state index contributed by atoms with van der Waals surface area (Å²) in [4.78, 5) is 0. The standard InChI is InChI=1S/C19H24ClNO2/c1-3-12-23-19-9-8-15(13-17(19)20)14-21-11-10-16-6-4-5-7-18(16)22-2/h4-9,13,21H,3,10-12,14H2,1-2H3. The van der Waals surface area contributed by atoms with E-state index in [1.54, 1.807) is 7.11 Å². The van der Waals surface area contributed by atoms with Crippen LogP contribution < -0.4 is 14.8 Å². The molecule has 0 spiro atoms. The second-order valence-electron chi connectivity index (χ2n) is 5.35. The minimum Gasteiger partial charge on any atom is -0.496 e. The molecule has 2 aromatic carbocycles. The molecule has 2 rings (SSSR count). The number of para-hydroxylation sites is 1. The van der Waals surface area contributed by atoms with Crippen molar-refractivity contribution >= 4 is 11.6 Å². The Morgan fingerprint density at radius 1 is 1.09 bits per heavy atom. The van der Waals surface area contributed by atoms with Crippen molar-refractivity contribution in [2.24, 2.45) is 0 Å². The van der Waals surface area contributed by atoms with Crippen LogP contribution in [0.1, 0.15) is 24.5 Å². The monoisotopic (exact) mass is 333 g/mol. The van der Waals surface area contributed by atoms with Gasteiger partial charge in [-0.1, -0.05) is 42.8 Å². The maximum atomic E-state index is 6.24. The van der Waals surface area contributed by atoms with E-state index in [4.69, 9.17) is 21.1 Å². The number of ether oxygens (including phenoxy) is 2. The summed E-state index contributed by atoms with van der Waals surface area (Å²) in [6.07, 6.45) is 1.90. The van der Waals surface area contributed by atoms with E-state index in [1.807, 2.05) is 36.4 Å². The Labute approximate surface area is 143 Å². The van der Waals surface area contributed by atoms with Crippen molar-refractivity contribution in [2.75, 3.05) is 20.3 Å². The quantitative estimate of drug-likeness (QED) is 0.687. The van der Waals surface area contributed by atoms with Crippen LogP contribution in [-0.4, -0.2) is 20.3 Å². The molecule has 0 atom stereocenters. The molecular formula is C19H24ClNO2. The lowest BCUT2D eigenvalue weighted by Crippen LogP contribution is -2.17. The average molecular weight is 334 g/mol. The molecule has 0 radical (unpaired) electrons. The second kappa shape index (κ2) is 9.43. The maximum Gasteiger partial charge on any atom is 0.137 e. The molecule has 0 aromatic heterocycles. The molecule has 0 fully saturated rings. The molecular weight excluding hydrogens is 310 g/mol. The van der Waals surface area contributed by atoms with Crippen LogP contribution in [0.3, 0.4) is 0 Å². The van der Waals surface area contributed by atoms with Crippen LogP contribution in [0, 0.1) is 0 Å². The van der Waals surface area contributed by atoms with Gasteiger partial charge in [-0.05, 0) is 48.7 Å². The molecule has 0 unspecified atom stereocenters. The molecule has 0 amide bonds. The summed E-state index contributed by atoms with van der Waals surface area (Å²) in [6, 6.07) is 14.1. The van der Waals surface area contributed by atoms with E-state index in [2.05, 4.69) is 18.3 Å². The fourth-order valence-corrected chi connectivity index (χ4v) is 2.61. The first-order chi connectivity index (χ1) is 11.2. The van der Waals surface area contributed by atoms with Gasteiger partial charge in [0.2, 0.25) is 0 Å². The van der Waals surface area contributed by atoms with Gasteiger partial charge in [-0.25, -0.2) is 0 Å². The largest absolute Gasteiger partial charge is 0.496 e. The van der Waals surface area contributed by atoms with Gasteiger partial charge in [0.1, 0.15) is 11.5 Å². The highest BCUT2D eigenvalue weighted by molar-refractivity contribution is 6.32. The van der Waals surface area contributed by atoms with Crippen molar-refractivity contribution in [3.8, 4) is 11.5 Å². The Balaban J connectivity index is 1.81. The molecule has 124 valence electrons. The van der Waals surface area contributed by atoms with Crippen molar-refractivity contribution in [2.45, 2.75) is 26.3 Å². The highest BCUT2D eigenvalue weighted by Crippen LogP contribution is 2.25. The minimum atomic E-state index is 0.669. The SMILES string of the molecule is CCCOc1ccc(CNCCc2ccccc2OC)cc1Cl. The van der Waals surface area contributed by atoms with Crippen molar-refractivity contribution in [1.29, 1.82) is 0 Å². The molecule has 23 heavy (non-hydrogen) atoms. The van der Waals surface area contributed by atoms with Gasteiger partial charge in [0.25, 0.3) is 0 Å². The van der Waals surface area contributed by atoms with E-state index in [1.165, 1.54) is 5.56 Å². The summed E-state index contributed by atoms with van der Waals surface area (Å²) in [5.74, 6) is 1.70. The first-order valence-electron chi connectivity index (χ1n) is 7.98. The molecule has 3 nitrogen and oxygen atoms in total. The summed E-state index contributed by atoms with van der Waals surface area (Å²) in [5.41, 5.74) is 2.36. The van der Waals surface area contributed by atoms with E-state index in [0.29, 0.717) is 11.6 Å². The normalized spacial score (nSPS) is 10.6. The van der Waals surface area contributed by atoms with Crippen molar-refractivity contribution in [1.82, 2.24) is 5.32 Å². The lowest BCUT2D eigenvalue weighted by atomic mass is 10.1. The second-order valence-corrected chi connectivity index (χ2v) is 5.76. The highest BCUT2D eigenvalue weighted by atomic mass is 35.5. The zero-order valence-electron chi connectivity index (χ0n) is 13.8. The van der Waals surface area contributed by atoms with Crippen LogP contribution in [0.2, 0.25) is 5.02 Å². The van der Waals surface area contributed by atoms with Crippen LogP contribution in [-0.2, 0) is 13.0 Å². The molecule has 1 N–H and O–H groups in total. The van der Waals surface area contributed by atoms with Gasteiger partial charge in [0, 0.05) is 6.54 Å². The summed E-state index contributed by atoms with van der Waals surface area (Å²) in [6.45, 7) is 4.43. The maximum absolute atomic E-state index is 6.24. The highest BCUT2D eigenvalue weighted by Gasteiger charge is 2.04. The Bertz CT molecular complexity index is 616. The Kier molecular flexibility index (Phi) is 7.24. The van der Waals surface area contributed by atoms with Crippen LogP contribution >= 0.6 is 11.6 Å². The van der Waals surface area contributed by atoms with Crippen LogP contribution in [0.15, 0.2) is 42.5 Å². The molecule has 0 aliphatic heterocycles. The summed E-state index contributed by atoms with van der Waals surface area (Å²) < 4.78 is 10.9. The molecule has 4 heteroatoms. The smallest absolute Gasteiger partial charge is 0.137 e. The Morgan fingerprint density at radius 2 is 1.91 bits per heavy atom. The molecule has 0 bridgehead atoms. The summed E-state index contributed by atoms with van der Waals surface area (Å²) >= 11 is 6.24. The fraction of sp³-hybridized carbons (Fsp3) is 0.368. The fourth-order valence-electron chi connectivity index (χ4n) is 2.35. The number of halogens is 1. The van der Waals surface area contributed by atoms with Crippen molar-refractivity contribution < 1.29 is 9.47 Å². The summed E-state index contributed by atoms with van der Waals surface area (Å²) in [7, 11) is 1.70. The summed E-state index contributed by atoms with van der Waals surface area (Å²) in [5, 5.41) is 4.11. The van der Waals surface area contributed by atoms with Gasteiger partial charge in [0.15, 0.2) is 0 Å². The molecule has 0 aliphatic carbocycles. The third-order valence-corrected chi connectivity index (χ3v) is 3.85. The Hall–Kier alpha value is -1.71. The van der Waals surface area contributed by atoms with Crippen molar-refractivity contribution in [3.63, 3.8) is 0 Å². The zero-order chi connectivity index (χ0) is 16.5. The van der Waals surface area contributed by atoms with Gasteiger partial charge in [-0.3, -0.25) is 0 Å². The first-order valence-corrected chi connectivity index (χ1v) is 8.36. The molecule has 2 aromatic rings. The lowest BCUT2D eigenvalue weighted by Gasteiger charge is -2.11. The number of rotatable bonds is 9. The lowest BCUT2D eigenvalue weighted by molar-refractivity contribution is 0.317. The third kappa shape index (κ3) is 5.45. The third-order valence-electron chi connectivity index (χ3n) is 3.55. The molecule has 0 aliphatic rings. The van der Waals surface area contributed by atoms with Gasteiger partial charge in [0.05, 0.1) is 18.7 Å². The van der Waals surface area contributed by atoms with Crippen LogP contribution in [0.4, 0.5) is 0 Å². The van der Waals surface area contributed by atoms with E-state index < -0.39 is 0 Å². The van der Waals surface area contributed by atoms with E-state index in [0.717, 1.165) is 43.0 Å². The molecule has 0 saturated carbocycles. The van der Waals surface area contributed by atoms with E-state index in [-0.39, 0.29) is 0 Å². The van der Waals surface area contributed by atoms with Crippen molar-refractivity contribution in [3.05, 3.63) is 58.6 Å². The minimum absolute atomic E-state index is 0.669. The predicted molar refractivity (Wildman–Crippen MR) is 95.6 cm³/mol. The van der Waals surface area contributed by atoms with E-state index >= 15 is 0 Å². The topological polar surface area (TPSA) is 30.5 Å². The van der Waals surface area contributed by atoms with Crippen LogP contribution in [0.5, 0.6) is 11.5 Å². The van der Waals surface area contributed by atoms with Gasteiger partial charge in [-0.2, -0.15) is 0 Å². The number of hydrogen-bond acceptors (Lipinski definition) is 3. The Morgan fingerprint density at radius 3 is 2.65 bits per heavy atom. The average Bonchev–Trinajstić information content (AvgIpc) is 2.58. The van der Waals surface area contributed by atoms with E-state index in [9.17, 15) is 0 Å². The number of nitrogens with one attached hydrogen (secondary N) is 1. The van der Waals surface area contributed by atoms with Crippen LogP contribution in [0.25, 0.3) is 0 Å².